The van der Waals surface area contributed by atoms with Crippen molar-refractivity contribution in [2.75, 3.05) is 0 Å². The molecule has 0 aliphatic carbocycles. The highest BCUT2D eigenvalue weighted by Gasteiger charge is 2.07. The third kappa shape index (κ3) is 3.26. The third-order valence-electron chi connectivity index (χ3n) is 1.87. The summed E-state index contributed by atoms with van der Waals surface area (Å²) in [6, 6.07) is 5.04. The van der Waals surface area contributed by atoms with Crippen molar-refractivity contribution in [2.45, 2.75) is 13.3 Å². The van der Waals surface area contributed by atoms with Crippen molar-refractivity contribution in [3.05, 3.63) is 40.4 Å². The molecular weight excluding hydrogens is 233 g/mol. The second-order valence-corrected chi connectivity index (χ2v) is 3.85. The molecule has 0 saturated heterocycles. The predicted molar refractivity (Wildman–Crippen MR) is 63.9 cm³/mol. The lowest BCUT2D eigenvalue weighted by Gasteiger charge is -2.09. The Morgan fingerprint density at radius 2 is 2.13 bits per heavy atom. The molecule has 4 heteroatoms. The smallest absolute Gasteiger partial charge is 0.224 e. The summed E-state index contributed by atoms with van der Waals surface area (Å²) in [6.45, 7) is 5.51. The highest BCUT2D eigenvalue weighted by molar-refractivity contribution is 6.35. The van der Waals surface area contributed by atoms with Crippen molar-refractivity contribution in [1.82, 2.24) is 5.32 Å². The number of nitrogens with one attached hydrogen (secondary N) is 1. The first-order chi connectivity index (χ1) is 7.04. The van der Waals surface area contributed by atoms with Crippen LogP contribution in [0.2, 0.25) is 10.0 Å². The van der Waals surface area contributed by atoms with Gasteiger partial charge in [0.25, 0.3) is 0 Å². The fourth-order valence-electron chi connectivity index (χ4n) is 1.06. The summed E-state index contributed by atoms with van der Waals surface area (Å²) in [5, 5.41) is 3.68. The van der Waals surface area contributed by atoms with Crippen LogP contribution >= 0.6 is 23.2 Å². The number of hydrogen-bond acceptors (Lipinski definition) is 1. The van der Waals surface area contributed by atoms with Crippen LogP contribution in [0.25, 0.3) is 5.70 Å². The molecule has 0 aliphatic rings. The topological polar surface area (TPSA) is 29.1 Å². The molecule has 0 aliphatic heterocycles. The molecule has 0 unspecified atom stereocenters. The average molecular weight is 244 g/mol. The summed E-state index contributed by atoms with van der Waals surface area (Å²) in [6.07, 6.45) is 0.407. The van der Waals surface area contributed by atoms with Crippen molar-refractivity contribution in [1.29, 1.82) is 0 Å². The molecule has 1 aromatic carbocycles. The summed E-state index contributed by atoms with van der Waals surface area (Å²) in [7, 11) is 0. The zero-order valence-electron chi connectivity index (χ0n) is 8.31. The van der Waals surface area contributed by atoms with E-state index >= 15 is 0 Å². The number of amides is 1. The molecular formula is C11H11Cl2NO. The summed E-state index contributed by atoms with van der Waals surface area (Å²) < 4.78 is 0. The van der Waals surface area contributed by atoms with Gasteiger partial charge < -0.3 is 5.32 Å². The first-order valence-corrected chi connectivity index (χ1v) is 5.24. The van der Waals surface area contributed by atoms with E-state index in [1.165, 1.54) is 0 Å². The van der Waals surface area contributed by atoms with Crippen molar-refractivity contribution in [3.63, 3.8) is 0 Å². The van der Waals surface area contributed by atoms with Gasteiger partial charge in [0, 0.05) is 22.7 Å². The number of halogens is 2. The van der Waals surface area contributed by atoms with Gasteiger partial charge >= 0.3 is 0 Å². The molecule has 0 heterocycles. The van der Waals surface area contributed by atoms with Gasteiger partial charge in [-0.2, -0.15) is 0 Å². The normalized spacial score (nSPS) is 9.80. The molecule has 0 atom stereocenters. The van der Waals surface area contributed by atoms with E-state index in [1.54, 1.807) is 25.1 Å². The van der Waals surface area contributed by atoms with Gasteiger partial charge in [0.15, 0.2) is 0 Å². The average Bonchev–Trinajstić information content (AvgIpc) is 2.17. The maximum absolute atomic E-state index is 11.1. The van der Waals surface area contributed by atoms with Crippen molar-refractivity contribution >= 4 is 34.8 Å². The predicted octanol–water partition coefficient (Wildman–Crippen LogP) is 3.49. The lowest BCUT2D eigenvalue weighted by molar-refractivity contribution is -0.119. The van der Waals surface area contributed by atoms with Gasteiger partial charge in [0.05, 0.1) is 5.02 Å². The zero-order chi connectivity index (χ0) is 11.4. The maximum Gasteiger partial charge on any atom is 0.224 e. The monoisotopic (exact) mass is 243 g/mol. The van der Waals surface area contributed by atoms with E-state index in [0.717, 1.165) is 0 Å². The van der Waals surface area contributed by atoms with Crippen LogP contribution in [-0.4, -0.2) is 5.91 Å². The van der Waals surface area contributed by atoms with E-state index < -0.39 is 0 Å². The highest BCUT2D eigenvalue weighted by Crippen LogP contribution is 2.24. The van der Waals surface area contributed by atoms with Gasteiger partial charge in [-0.15, -0.1) is 0 Å². The van der Waals surface area contributed by atoms with Crippen LogP contribution < -0.4 is 5.32 Å². The van der Waals surface area contributed by atoms with Gasteiger partial charge in [0.2, 0.25) is 5.91 Å². The van der Waals surface area contributed by atoms with Crippen LogP contribution in [0.3, 0.4) is 0 Å². The van der Waals surface area contributed by atoms with Crippen molar-refractivity contribution in [3.8, 4) is 0 Å². The molecule has 80 valence electrons. The van der Waals surface area contributed by atoms with E-state index in [-0.39, 0.29) is 5.91 Å². The Balaban J connectivity index is 2.87. The number of carbonyl (C=O) groups is 1. The van der Waals surface area contributed by atoms with E-state index in [9.17, 15) is 4.79 Å². The Labute approximate surface area is 98.9 Å². The molecule has 1 amide bonds. The van der Waals surface area contributed by atoms with E-state index in [1.807, 2.05) is 0 Å². The highest BCUT2D eigenvalue weighted by atomic mass is 35.5. The number of benzene rings is 1. The second-order valence-electron chi connectivity index (χ2n) is 3.00. The maximum atomic E-state index is 11.1. The molecule has 1 aromatic rings. The van der Waals surface area contributed by atoms with Crippen LogP contribution in [0.1, 0.15) is 18.9 Å². The fraction of sp³-hybridized carbons (Fsp3) is 0.182. The molecule has 2 nitrogen and oxygen atoms in total. The number of rotatable bonds is 3. The minimum Gasteiger partial charge on any atom is -0.326 e. The SMILES string of the molecule is C=C(NC(=O)CC)c1ccc(Cl)cc1Cl. The van der Waals surface area contributed by atoms with Gasteiger partial charge in [0.1, 0.15) is 0 Å². The van der Waals surface area contributed by atoms with Crippen molar-refractivity contribution < 1.29 is 4.79 Å². The molecule has 15 heavy (non-hydrogen) atoms. The van der Waals surface area contributed by atoms with Crippen LogP contribution in [0, 0.1) is 0 Å². The third-order valence-corrected chi connectivity index (χ3v) is 2.42. The lowest BCUT2D eigenvalue weighted by atomic mass is 10.1. The molecule has 0 radical (unpaired) electrons. The van der Waals surface area contributed by atoms with E-state index in [2.05, 4.69) is 11.9 Å². The van der Waals surface area contributed by atoms with Gasteiger partial charge in [-0.3, -0.25) is 4.79 Å². The Morgan fingerprint density at radius 3 is 2.67 bits per heavy atom. The van der Waals surface area contributed by atoms with Gasteiger partial charge in [-0.05, 0) is 18.2 Å². The largest absolute Gasteiger partial charge is 0.326 e. The molecule has 0 saturated carbocycles. The van der Waals surface area contributed by atoms with Gasteiger partial charge in [-0.25, -0.2) is 0 Å². The second kappa shape index (κ2) is 5.19. The fourth-order valence-corrected chi connectivity index (χ4v) is 1.58. The summed E-state index contributed by atoms with van der Waals surface area (Å²) in [5.41, 5.74) is 1.17. The Morgan fingerprint density at radius 1 is 1.47 bits per heavy atom. The lowest BCUT2D eigenvalue weighted by Crippen LogP contribution is -2.19. The van der Waals surface area contributed by atoms with Gasteiger partial charge in [-0.1, -0.05) is 36.7 Å². The summed E-state index contributed by atoms with van der Waals surface area (Å²) in [4.78, 5) is 11.1. The molecule has 1 rings (SSSR count). The van der Waals surface area contributed by atoms with E-state index in [0.29, 0.717) is 27.7 Å². The number of carbonyl (C=O) groups excluding carboxylic acids is 1. The Bertz CT molecular complexity index is 402. The molecule has 0 bridgehead atoms. The van der Waals surface area contributed by atoms with Crippen molar-refractivity contribution in [2.24, 2.45) is 0 Å². The Kier molecular flexibility index (Phi) is 4.18. The minimum absolute atomic E-state index is 0.0917. The first kappa shape index (κ1) is 12.1. The summed E-state index contributed by atoms with van der Waals surface area (Å²) in [5.74, 6) is -0.0917. The quantitative estimate of drug-likeness (QED) is 0.866. The Hall–Kier alpha value is -0.990. The van der Waals surface area contributed by atoms with Crippen LogP contribution in [0.15, 0.2) is 24.8 Å². The molecule has 1 N–H and O–H groups in total. The molecule has 0 aromatic heterocycles. The van der Waals surface area contributed by atoms with Crippen LogP contribution in [-0.2, 0) is 4.79 Å². The van der Waals surface area contributed by atoms with Crippen LogP contribution in [0.4, 0.5) is 0 Å². The molecule has 0 fully saturated rings. The summed E-state index contributed by atoms with van der Waals surface area (Å²) >= 11 is 11.7. The van der Waals surface area contributed by atoms with Crippen LogP contribution in [0.5, 0.6) is 0 Å². The number of hydrogen-bond donors (Lipinski definition) is 1. The first-order valence-electron chi connectivity index (χ1n) is 4.48. The van der Waals surface area contributed by atoms with E-state index in [4.69, 9.17) is 23.2 Å². The molecule has 0 spiro atoms. The standard InChI is InChI=1S/C11H11Cl2NO/c1-3-11(15)14-7(2)9-5-4-8(12)6-10(9)13/h4-6H,2-3H2,1H3,(H,14,15). The minimum atomic E-state index is -0.0917. The zero-order valence-corrected chi connectivity index (χ0v) is 9.82.